The minimum atomic E-state index is -1.62. The quantitative estimate of drug-likeness (QED) is 0.0195. The minimum Gasteiger partial charge on any atom is -0.545 e. The Kier molecular flexibility index (Phi) is 59.6. The molecule has 0 heterocycles. The van der Waals surface area contributed by atoms with Crippen molar-refractivity contribution in [1.29, 1.82) is 0 Å². The zero-order valence-electron chi connectivity index (χ0n) is 53.0. The largest absolute Gasteiger partial charge is 0.545 e. The molecule has 0 radical (unpaired) electrons. The van der Waals surface area contributed by atoms with E-state index in [9.17, 15) is 19.5 Å². The number of hydrogen-bond acceptors (Lipinski definition) is 8. The predicted molar refractivity (Wildman–Crippen MR) is 334 cm³/mol. The van der Waals surface area contributed by atoms with Gasteiger partial charge in [0.05, 0.1) is 40.3 Å². The van der Waals surface area contributed by atoms with Crippen molar-refractivity contribution in [2.24, 2.45) is 0 Å². The topological polar surface area (TPSA) is 111 Å². The van der Waals surface area contributed by atoms with Crippen LogP contribution in [0.3, 0.4) is 0 Å². The monoisotopic (exact) mass is 1110 g/mol. The van der Waals surface area contributed by atoms with Crippen molar-refractivity contribution < 1.29 is 42.9 Å². The number of quaternary nitrogens is 1. The number of carbonyl (C=O) groups excluding carboxylic acids is 3. The predicted octanol–water partition coefficient (Wildman–Crippen LogP) is 19.5. The molecule has 0 fully saturated rings. The van der Waals surface area contributed by atoms with Gasteiger partial charge in [-0.3, -0.25) is 9.59 Å². The van der Waals surface area contributed by atoms with Crippen LogP contribution >= 0.6 is 0 Å². The van der Waals surface area contributed by atoms with E-state index in [4.69, 9.17) is 18.9 Å². The lowest BCUT2D eigenvalue weighted by molar-refractivity contribution is -0.870. The molecule has 0 N–H and O–H groups in total. The standard InChI is InChI=1S/C70H131NO8/c1-6-8-10-12-14-16-18-20-22-24-26-28-29-30-31-32-33-34-35-36-37-38-39-41-42-44-46-48-50-52-54-56-58-60-67(72)77-64-66(65-78-70(69(74)75)76-63-62-71(3,4)5)79-68(73)61-59-57-55-53-51-49-47-45-43-40-27-25-23-21-19-17-15-13-11-9-7-2/h19,21,25,27,43,45,66,70H,6-18,20,22-24,26,28-42,44,46-65H2,1-5H3/b21-19-,27-25-,45-43-. The van der Waals surface area contributed by atoms with Crippen LogP contribution in [0, 0.1) is 0 Å². The molecule has 0 aliphatic rings. The van der Waals surface area contributed by atoms with Crippen LogP contribution in [0.2, 0.25) is 0 Å². The Morgan fingerprint density at radius 1 is 0.380 bits per heavy atom. The lowest BCUT2D eigenvalue weighted by Gasteiger charge is -2.26. The Morgan fingerprint density at radius 2 is 0.684 bits per heavy atom. The number of carbonyl (C=O) groups is 3. The molecule has 464 valence electrons. The van der Waals surface area contributed by atoms with E-state index in [-0.39, 0.29) is 32.2 Å². The summed E-state index contributed by atoms with van der Waals surface area (Å²) in [5.41, 5.74) is 0. The van der Waals surface area contributed by atoms with E-state index >= 15 is 0 Å². The van der Waals surface area contributed by atoms with Gasteiger partial charge in [0.1, 0.15) is 13.2 Å². The Bertz CT molecular complexity index is 1390. The van der Waals surface area contributed by atoms with Crippen LogP contribution in [-0.4, -0.2) is 82.3 Å². The molecule has 0 aromatic rings. The molecule has 0 amide bonds. The van der Waals surface area contributed by atoms with E-state index in [1.165, 1.54) is 231 Å². The molecule has 9 nitrogen and oxygen atoms in total. The van der Waals surface area contributed by atoms with E-state index < -0.39 is 24.3 Å². The summed E-state index contributed by atoms with van der Waals surface area (Å²) in [5, 5.41) is 11.8. The summed E-state index contributed by atoms with van der Waals surface area (Å²) in [4.78, 5) is 37.4. The molecule has 0 bridgehead atoms. The molecule has 79 heavy (non-hydrogen) atoms. The highest BCUT2D eigenvalue weighted by atomic mass is 16.7. The van der Waals surface area contributed by atoms with Gasteiger partial charge < -0.3 is 33.3 Å². The van der Waals surface area contributed by atoms with Crippen molar-refractivity contribution in [1.82, 2.24) is 0 Å². The maximum absolute atomic E-state index is 12.9. The van der Waals surface area contributed by atoms with E-state index in [0.717, 1.165) is 70.6 Å². The summed E-state index contributed by atoms with van der Waals surface area (Å²) in [6.45, 7) is 4.78. The summed E-state index contributed by atoms with van der Waals surface area (Å²) in [6.07, 6.45) is 73.8. The van der Waals surface area contributed by atoms with Crippen molar-refractivity contribution >= 4 is 17.9 Å². The molecule has 0 spiro atoms. The van der Waals surface area contributed by atoms with Crippen LogP contribution in [0.1, 0.15) is 335 Å². The first-order valence-corrected chi connectivity index (χ1v) is 34.1. The first-order chi connectivity index (χ1) is 38.6. The van der Waals surface area contributed by atoms with Gasteiger partial charge in [0, 0.05) is 12.8 Å². The normalized spacial score (nSPS) is 12.9. The molecule has 2 atom stereocenters. The van der Waals surface area contributed by atoms with Gasteiger partial charge in [-0.2, -0.15) is 0 Å². The van der Waals surface area contributed by atoms with Crippen LogP contribution in [0.15, 0.2) is 36.5 Å². The summed E-state index contributed by atoms with van der Waals surface area (Å²) in [7, 11) is 5.93. The summed E-state index contributed by atoms with van der Waals surface area (Å²) < 4.78 is 22.8. The number of esters is 2. The van der Waals surface area contributed by atoms with Gasteiger partial charge in [-0.1, -0.05) is 307 Å². The Labute approximate surface area is 490 Å². The van der Waals surface area contributed by atoms with Gasteiger partial charge in [0.25, 0.3) is 0 Å². The number of allylic oxidation sites excluding steroid dienone is 6. The third-order valence-corrected chi connectivity index (χ3v) is 15.4. The van der Waals surface area contributed by atoms with Crippen LogP contribution in [0.4, 0.5) is 0 Å². The second-order valence-corrected chi connectivity index (χ2v) is 24.5. The van der Waals surface area contributed by atoms with E-state index in [2.05, 4.69) is 50.3 Å². The number of rotatable bonds is 64. The first kappa shape index (κ1) is 76.5. The van der Waals surface area contributed by atoms with E-state index in [1.54, 1.807) is 0 Å². The highest BCUT2D eigenvalue weighted by Gasteiger charge is 2.22. The van der Waals surface area contributed by atoms with Crippen molar-refractivity contribution in [2.45, 2.75) is 347 Å². The number of carboxylic acid groups (broad SMARTS) is 1. The lowest BCUT2D eigenvalue weighted by atomic mass is 10.0. The smallest absolute Gasteiger partial charge is 0.306 e. The fourth-order valence-electron chi connectivity index (χ4n) is 10.1. The average Bonchev–Trinajstić information content (AvgIpc) is 3.42. The van der Waals surface area contributed by atoms with Crippen molar-refractivity contribution in [3.05, 3.63) is 36.5 Å². The molecular weight excluding hydrogens is 983 g/mol. The molecule has 9 heteroatoms. The van der Waals surface area contributed by atoms with Gasteiger partial charge in [-0.15, -0.1) is 0 Å². The van der Waals surface area contributed by atoms with Crippen LogP contribution in [0.5, 0.6) is 0 Å². The molecule has 0 rings (SSSR count). The molecule has 0 saturated carbocycles. The second-order valence-electron chi connectivity index (χ2n) is 24.5. The summed E-state index contributed by atoms with van der Waals surface area (Å²) in [5.74, 6) is -2.28. The molecular formula is C70H131NO8. The molecule has 0 aliphatic carbocycles. The number of ether oxygens (including phenoxy) is 4. The van der Waals surface area contributed by atoms with Crippen molar-refractivity contribution in [3.8, 4) is 0 Å². The average molecular weight is 1110 g/mol. The SMILES string of the molecule is CCCCCCC/C=C\C/C=C\C/C=C\CCCCCCCCC(=O)OC(COC(=O)CCCCCCCCCCCCCCCCCCCCCCCCCCCCCCCCCCC)COC(OCC[N+](C)(C)C)C(=O)[O-]. The highest BCUT2D eigenvalue weighted by Crippen LogP contribution is 2.18. The van der Waals surface area contributed by atoms with Gasteiger partial charge in [-0.05, 0) is 51.4 Å². The van der Waals surface area contributed by atoms with E-state index in [0.29, 0.717) is 23.9 Å². The number of carboxylic acids is 1. The third-order valence-electron chi connectivity index (χ3n) is 15.4. The molecule has 0 saturated heterocycles. The maximum Gasteiger partial charge on any atom is 0.306 e. The number of likely N-dealkylation sites (N-methyl/N-ethyl adjacent to an activating group) is 1. The van der Waals surface area contributed by atoms with Crippen LogP contribution in [0.25, 0.3) is 0 Å². The fourth-order valence-corrected chi connectivity index (χ4v) is 10.1. The molecule has 2 unspecified atom stereocenters. The number of hydrogen-bond donors (Lipinski definition) is 0. The van der Waals surface area contributed by atoms with Gasteiger partial charge in [0.15, 0.2) is 12.4 Å². The molecule has 0 aliphatic heterocycles. The number of nitrogens with zero attached hydrogens (tertiary/aromatic N) is 1. The Morgan fingerprint density at radius 3 is 1.01 bits per heavy atom. The van der Waals surface area contributed by atoms with Crippen LogP contribution < -0.4 is 5.11 Å². The second kappa shape index (κ2) is 61.6. The third kappa shape index (κ3) is 63.0. The Balaban J connectivity index is 4.06. The number of aliphatic carboxylic acids is 1. The zero-order valence-corrected chi connectivity index (χ0v) is 53.0. The van der Waals surface area contributed by atoms with Crippen LogP contribution in [-0.2, 0) is 33.3 Å². The van der Waals surface area contributed by atoms with Crippen molar-refractivity contribution in [2.75, 3.05) is 47.5 Å². The van der Waals surface area contributed by atoms with Gasteiger partial charge in [-0.25, -0.2) is 0 Å². The van der Waals surface area contributed by atoms with Crippen molar-refractivity contribution in [3.63, 3.8) is 0 Å². The summed E-state index contributed by atoms with van der Waals surface area (Å²) >= 11 is 0. The molecule has 0 aromatic carbocycles. The maximum atomic E-state index is 12.9. The highest BCUT2D eigenvalue weighted by molar-refractivity contribution is 5.70. The van der Waals surface area contributed by atoms with Gasteiger partial charge >= 0.3 is 11.9 Å². The number of unbranched alkanes of at least 4 members (excludes halogenated alkanes) is 43. The van der Waals surface area contributed by atoms with E-state index in [1.807, 2.05) is 21.1 Å². The Hall–Kier alpha value is -2.49. The molecule has 0 aromatic heterocycles. The summed E-state index contributed by atoms with van der Waals surface area (Å²) in [6, 6.07) is 0. The first-order valence-electron chi connectivity index (χ1n) is 34.1. The van der Waals surface area contributed by atoms with Gasteiger partial charge in [0.2, 0.25) is 0 Å². The zero-order chi connectivity index (χ0) is 57.6. The lowest BCUT2D eigenvalue weighted by Crippen LogP contribution is -2.44. The minimum absolute atomic E-state index is 0.146. The fraction of sp³-hybridized carbons (Fsp3) is 0.871.